The van der Waals surface area contributed by atoms with Crippen molar-refractivity contribution in [3.8, 4) is 22.4 Å². The summed E-state index contributed by atoms with van der Waals surface area (Å²) < 4.78 is 1.82. The first-order valence-corrected chi connectivity index (χ1v) is 11.9. The Morgan fingerprint density at radius 3 is 2.68 bits per heavy atom. The summed E-state index contributed by atoms with van der Waals surface area (Å²) in [5, 5.41) is 7.75. The molecule has 4 aromatic rings. The second-order valence-electron chi connectivity index (χ2n) is 9.20. The molecule has 6 rings (SSSR count). The third-order valence-corrected chi connectivity index (χ3v) is 7.47. The highest BCUT2D eigenvalue weighted by molar-refractivity contribution is 6.33. The maximum Gasteiger partial charge on any atom is 0.260 e. The average molecular weight is 473 g/mol. The molecule has 0 amide bonds. The zero-order valence-electron chi connectivity index (χ0n) is 19.0. The molecular weight excluding hydrogens is 448 g/mol. The van der Waals surface area contributed by atoms with E-state index in [-0.39, 0.29) is 5.56 Å². The number of hydrogen-bond donors (Lipinski definition) is 2. The molecule has 172 valence electrons. The van der Waals surface area contributed by atoms with Gasteiger partial charge in [0.25, 0.3) is 5.56 Å². The fraction of sp³-hybridized carbons (Fsp3) is 0.308. The topological polar surface area (TPSA) is 84.7 Å². The Morgan fingerprint density at radius 2 is 1.94 bits per heavy atom. The number of nitrogens with zero attached hydrogens (tertiary/aromatic N) is 4. The van der Waals surface area contributed by atoms with Crippen LogP contribution in [-0.2, 0) is 6.54 Å². The van der Waals surface area contributed by atoms with Crippen LogP contribution in [0.2, 0.25) is 5.02 Å². The average Bonchev–Trinajstić information content (AvgIpc) is 3.25. The lowest BCUT2D eigenvalue weighted by atomic mass is 10.0. The number of aryl methyl sites for hydroxylation is 1. The molecule has 2 N–H and O–H groups in total. The van der Waals surface area contributed by atoms with Crippen molar-refractivity contribution < 1.29 is 0 Å². The molecule has 2 aliphatic rings. The second-order valence-corrected chi connectivity index (χ2v) is 9.61. The molecule has 2 fully saturated rings. The Kier molecular flexibility index (Phi) is 5.12. The van der Waals surface area contributed by atoms with E-state index in [2.05, 4.69) is 25.6 Å². The molecule has 2 atom stereocenters. The van der Waals surface area contributed by atoms with Crippen LogP contribution in [0.5, 0.6) is 0 Å². The van der Waals surface area contributed by atoms with E-state index in [1.54, 1.807) is 13.2 Å². The smallest absolute Gasteiger partial charge is 0.260 e. The Balaban J connectivity index is 1.47. The van der Waals surface area contributed by atoms with E-state index in [0.29, 0.717) is 52.0 Å². The van der Waals surface area contributed by atoms with Gasteiger partial charge in [-0.1, -0.05) is 29.8 Å². The van der Waals surface area contributed by atoms with Gasteiger partial charge in [0.1, 0.15) is 5.65 Å². The second kappa shape index (κ2) is 8.18. The molecular formula is C26H25ClN6O. The molecule has 7 nitrogen and oxygen atoms in total. The summed E-state index contributed by atoms with van der Waals surface area (Å²) in [6, 6.07) is 13.5. The van der Waals surface area contributed by atoms with Crippen LogP contribution in [0.4, 0.5) is 5.95 Å². The summed E-state index contributed by atoms with van der Waals surface area (Å²) in [6.45, 7) is 4.67. The number of halogens is 1. The van der Waals surface area contributed by atoms with Crippen LogP contribution >= 0.6 is 11.6 Å². The van der Waals surface area contributed by atoms with E-state index in [9.17, 15) is 4.79 Å². The summed E-state index contributed by atoms with van der Waals surface area (Å²) in [5.41, 5.74) is 4.55. The minimum absolute atomic E-state index is 0.0745. The van der Waals surface area contributed by atoms with E-state index < -0.39 is 0 Å². The van der Waals surface area contributed by atoms with Crippen molar-refractivity contribution >= 4 is 28.6 Å². The molecule has 1 saturated carbocycles. The lowest BCUT2D eigenvalue weighted by Crippen LogP contribution is -2.26. The summed E-state index contributed by atoms with van der Waals surface area (Å²) >= 11 is 6.75. The Morgan fingerprint density at radius 1 is 1.12 bits per heavy atom. The number of fused-ring (bicyclic) bond motifs is 2. The molecule has 3 aromatic heterocycles. The summed E-state index contributed by atoms with van der Waals surface area (Å²) in [5.74, 6) is 2.27. The summed E-state index contributed by atoms with van der Waals surface area (Å²) in [4.78, 5) is 27.4. The first-order valence-electron chi connectivity index (χ1n) is 11.6. The van der Waals surface area contributed by atoms with Crippen molar-refractivity contribution in [1.82, 2.24) is 24.8 Å². The van der Waals surface area contributed by atoms with Gasteiger partial charge in [-0.25, -0.2) is 4.98 Å². The van der Waals surface area contributed by atoms with Crippen LogP contribution in [0.1, 0.15) is 5.69 Å². The molecule has 4 heterocycles. The number of aromatic nitrogens is 4. The zero-order valence-corrected chi connectivity index (χ0v) is 19.8. The maximum absolute atomic E-state index is 13.8. The minimum Gasteiger partial charge on any atom is -0.357 e. The number of nitrogens with one attached hydrogen (secondary N) is 2. The van der Waals surface area contributed by atoms with E-state index in [0.717, 1.165) is 35.4 Å². The molecule has 8 heteroatoms. The number of rotatable bonds is 5. The SMILES string of the molecule is CNc1ncc2cc(-c3ccc(-c4cccc(C)n4)cc3Cl)c(=O)n(CC3C4CNCC43)c2n1. The molecule has 34 heavy (non-hydrogen) atoms. The van der Waals surface area contributed by atoms with Gasteiger partial charge < -0.3 is 10.6 Å². The van der Waals surface area contributed by atoms with Gasteiger partial charge in [-0.3, -0.25) is 14.3 Å². The lowest BCUT2D eigenvalue weighted by molar-refractivity contribution is 0.515. The van der Waals surface area contributed by atoms with Gasteiger partial charge in [0, 0.05) is 52.6 Å². The highest BCUT2D eigenvalue weighted by Crippen LogP contribution is 2.49. The predicted molar refractivity (Wildman–Crippen MR) is 135 cm³/mol. The first kappa shape index (κ1) is 21.3. The zero-order chi connectivity index (χ0) is 23.4. The number of piperidine rings is 1. The third-order valence-electron chi connectivity index (χ3n) is 7.16. The number of pyridine rings is 2. The van der Waals surface area contributed by atoms with Gasteiger partial charge in [0.2, 0.25) is 5.95 Å². The summed E-state index contributed by atoms with van der Waals surface area (Å²) in [6.07, 6.45) is 1.77. The highest BCUT2D eigenvalue weighted by atomic mass is 35.5. The first-order chi connectivity index (χ1) is 16.5. The third kappa shape index (κ3) is 3.56. The number of hydrogen-bond acceptors (Lipinski definition) is 6. The molecule has 1 aromatic carbocycles. The van der Waals surface area contributed by atoms with Crippen molar-refractivity contribution in [2.24, 2.45) is 17.8 Å². The van der Waals surface area contributed by atoms with Crippen LogP contribution in [0.25, 0.3) is 33.4 Å². The van der Waals surface area contributed by atoms with Crippen molar-refractivity contribution in [2.45, 2.75) is 13.5 Å². The molecule has 1 aliphatic heterocycles. The highest BCUT2D eigenvalue weighted by Gasteiger charge is 2.52. The fourth-order valence-corrected chi connectivity index (χ4v) is 5.55. The molecule has 1 saturated heterocycles. The van der Waals surface area contributed by atoms with Gasteiger partial charge in [0.15, 0.2) is 0 Å². The molecule has 0 bridgehead atoms. The van der Waals surface area contributed by atoms with E-state index in [4.69, 9.17) is 11.6 Å². The standard InChI is InChI=1S/C26H25ClN6O/c1-14-4-3-5-23(31-14)15-6-7-17(22(27)9-15)18-8-16-10-30-26(28-2)32-24(16)33(25(18)34)13-21-19-11-29-12-20(19)21/h3-10,19-21,29H,11-13H2,1-2H3,(H,28,30,32). The molecule has 0 spiro atoms. The largest absolute Gasteiger partial charge is 0.357 e. The minimum atomic E-state index is -0.0745. The maximum atomic E-state index is 13.8. The fourth-order valence-electron chi connectivity index (χ4n) is 5.27. The van der Waals surface area contributed by atoms with Crippen molar-refractivity contribution in [3.05, 3.63) is 69.7 Å². The van der Waals surface area contributed by atoms with Gasteiger partial charge in [-0.15, -0.1) is 0 Å². The Labute approximate surface area is 202 Å². The molecule has 1 aliphatic carbocycles. The monoisotopic (exact) mass is 472 g/mol. The van der Waals surface area contributed by atoms with E-state index in [1.807, 2.05) is 54.0 Å². The van der Waals surface area contributed by atoms with E-state index in [1.165, 1.54) is 0 Å². The van der Waals surface area contributed by atoms with Crippen molar-refractivity contribution in [2.75, 3.05) is 25.5 Å². The van der Waals surface area contributed by atoms with Gasteiger partial charge in [-0.05, 0) is 62.0 Å². The van der Waals surface area contributed by atoms with Crippen LogP contribution in [-0.4, -0.2) is 39.7 Å². The summed E-state index contributed by atoms with van der Waals surface area (Å²) in [7, 11) is 1.78. The van der Waals surface area contributed by atoms with Crippen LogP contribution in [0.3, 0.4) is 0 Å². The number of anilines is 1. The molecule has 2 unspecified atom stereocenters. The van der Waals surface area contributed by atoms with Crippen molar-refractivity contribution in [1.29, 1.82) is 0 Å². The van der Waals surface area contributed by atoms with Gasteiger partial charge in [-0.2, -0.15) is 4.98 Å². The van der Waals surface area contributed by atoms with Crippen LogP contribution < -0.4 is 16.2 Å². The quantitative estimate of drug-likeness (QED) is 0.457. The van der Waals surface area contributed by atoms with Crippen LogP contribution in [0.15, 0.2) is 53.5 Å². The van der Waals surface area contributed by atoms with E-state index >= 15 is 0 Å². The van der Waals surface area contributed by atoms with Crippen molar-refractivity contribution in [3.63, 3.8) is 0 Å². The van der Waals surface area contributed by atoms with Crippen LogP contribution in [0, 0.1) is 24.7 Å². The van der Waals surface area contributed by atoms with Gasteiger partial charge >= 0.3 is 0 Å². The predicted octanol–water partition coefficient (Wildman–Crippen LogP) is 3.99. The molecule has 0 radical (unpaired) electrons. The normalized spacial score (nSPS) is 21.0. The lowest BCUT2D eigenvalue weighted by Gasteiger charge is -2.15. The Bertz CT molecular complexity index is 1470. The Hall–Kier alpha value is -3.29. The number of benzene rings is 1. The van der Waals surface area contributed by atoms with Gasteiger partial charge in [0.05, 0.1) is 5.69 Å².